The Labute approximate surface area is 224 Å². The van der Waals surface area contributed by atoms with Crippen molar-refractivity contribution in [3.8, 4) is 17.1 Å². The van der Waals surface area contributed by atoms with Gasteiger partial charge in [-0.2, -0.15) is 0 Å². The van der Waals surface area contributed by atoms with Crippen molar-refractivity contribution in [3.63, 3.8) is 0 Å². The van der Waals surface area contributed by atoms with Crippen molar-refractivity contribution < 1.29 is 25.2 Å². The highest BCUT2D eigenvalue weighted by atomic mass is 16.5. The fraction of sp³-hybridized carbons (Fsp3) is 0.250. The summed E-state index contributed by atoms with van der Waals surface area (Å²) >= 11 is 0. The molecular formula is C32H33NO5. The van der Waals surface area contributed by atoms with Crippen LogP contribution in [0.25, 0.3) is 11.3 Å². The molecule has 4 aromatic rings. The lowest BCUT2D eigenvalue weighted by atomic mass is 10.1. The van der Waals surface area contributed by atoms with E-state index in [0.29, 0.717) is 36.3 Å². The monoisotopic (exact) mass is 512 g/mol. The molecule has 6 heteroatoms. The highest BCUT2D eigenvalue weighted by Crippen LogP contribution is 2.24. The van der Waals surface area contributed by atoms with Gasteiger partial charge in [0.15, 0.2) is 5.78 Å². The first kappa shape index (κ1) is 25.5. The Kier molecular flexibility index (Phi) is 9.36. The van der Waals surface area contributed by atoms with Gasteiger partial charge in [0.05, 0.1) is 14.2 Å². The van der Waals surface area contributed by atoms with Gasteiger partial charge in [-0.1, -0.05) is 60.7 Å². The summed E-state index contributed by atoms with van der Waals surface area (Å²) in [7, 11) is 0. The molecule has 1 amide bonds. The van der Waals surface area contributed by atoms with Crippen molar-refractivity contribution in [1.29, 1.82) is 0 Å². The zero-order valence-electron chi connectivity index (χ0n) is 22.3. The van der Waals surface area contributed by atoms with E-state index in [2.05, 4.69) is 0 Å². The average Bonchev–Trinajstić information content (AvgIpc) is 3.53. The van der Waals surface area contributed by atoms with Gasteiger partial charge < -0.3 is 19.2 Å². The van der Waals surface area contributed by atoms with Crippen LogP contribution >= 0.6 is 0 Å². The largest absolute Gasteiger partial charge is 0.493 e. The summed E-state index contributed by atoms with van der Waals surface area (Å²) in [5.41, 5.74) is 2.87. The number of para-hydroxylation sites is 1. The predicted molar refractivity (Wildman–Crippen MR) is 147 cm³/mol. The summed E-state index contributed by atoms with van der Waals surface area (Å²) in [6.45, 7) is -0.721. The second-order valence-corrected chi connectivity index (χ2v) is 9.00. The van der Waals surface area contributed by atoms with E-state index in [-0.39, 0.29) is 18.2 Å². The SMILES string of the molecule is [2H]C(c1ccccc1OCCCCCC(=O)CO)N(Cc1ccccc1)C(=O)c1ccc(-c2ccco2)cc1. The van der Waals surface area contributed by atoms with Crippen molar-refractivity contribution in [2.75, 3.05) is 13.2 Å². The molecule has 1 atom stereocenters. The number of hydrogen-bond acceptors (Lipinski definition) is 5. The number of benzene rings is 3. The topological polar surface area (TPSA) is 80.0 Å². The zero-order valence-corrected chi connectivity index (χ0v) is 21.3. The first-order valence-electron chi connectivity index (χ1n) is 13.4. The number of carbonyl (C=O) groups excluding carboxylic acids is 2. The van der Waals surface area contributed by atoms with Gasteiger partial charge in [-0.15, -0.1) is 0 Å². The Balaban J connectivity index is 1.51. The first-order chi connectivity index (χ1) is 19.1. The summed E-state index contributed by atoms with van der Waals surface area (Å²) in [4.78, 5) is 26.6. The number of unbranched alkanes of at least 4 members (excludes halogenated alkanes) is 2. The molecular weight excluding hydrogens is 478 g/mol. The molecule has 0 radical (unpaired) electrons. The number of hydrogen-bond donors (Lipinski definition) is 1. The molecule has 1 N–H and O–H groups in total. The summed E-state index contributed by atoms with van der Waals surface area (Å²) in [6.07, 6.45) is 4.21. The Morgan fingerprint density at radius 3 is 2.37 bits per heavy atom. The fourth-order valence-corrected chi connectivity index (χ4v) is 4.09. The maximum Gasteiger partial charge on any atom is 0.254 e. The van der Waals surface area contributed by atoms with Crippen LogP contribution in [0.15, 0.2) is 102 Å². The smallest absolute Gasteiger partial charge is 0.254 e. The van der Waals surface area contributed by atoms with Crippen molar-refractivity contribution in [3.05, 3.63) is 114 Å². The lowest BCUT2D eigenvalue weighted by Gasteiger charge is -2.24. The van der Waals surface area contributed by atoms with E-state index in [4.69, 9.17) is 15.6 Å². The number of nitrogens with zero attached hydrogens (tertiary/aromatic N) is 1. The van der Waals surface area contributed by atoms with Crippen LogP contribution in [0.3, 0.4) is 0 Å². The molecule has 0 spiro atoms. The molecule has 38 heavy (non-hydrogen) atoms. The number of ketones is 1. The summed E-state index contributed by atoms with van der Waals surface area (Å²) in [6, 6.07) is 27.8. The molecule has 6 nitrogen and oxygen atoms in total. The third-order valence-electron chi connectivity index (χ3n) is 6.14. The predicted octanol–water partition coefficient (Wildman–Crippen LogP) is 6.29. The molecule has 1 unspecified atom stereocenters. The van der Waals surface area contributed by atoms with Crippen LogP contribution in [0.4, 0.5) is 0 Å². The van der Waals surface area contributed by atoms with Crippen LogP contribution in [0.5, 0.6) is 5.75 Å². The van der Waals surface area contributed by atoms with Gasteiger partial charge in [-0.05, 0) is 55.2 Å². The second-order valence-electron chi connectivity index (χ2n) is 9.00. The second kappa shape index (κ2) is 14.0. The van der Waals surface area contributed by atoms with E-state index in [1.807, 2.05) is 78.9 Å². The van der Waals surface area contributed by atoms with Crippen molar-refractivity contribution >= 4 is 11.7 Å². The highest BCUT2D eigenvalue weighted by Gasteiger charge is 2.19. The van der Waals surface area contributed by atoms with Crippen LogP contribution in [-0.2, 0) is 17.9 Å². The minimum absolute atomic E-state index is 0.155. The van der Waals surface area contributed by atoms with Gasteiger partial charge >= 0.3 is 0 Å². The number of rotatable bonds is 14. The van der Waals surface area contributed by atoms with Crippen LogP contribution < -0.4 is 4.74 Å². The lowest BCUT2D eigenvalue weighted by molar-refractivity contribution is -0.121. The number of aliphatic hydroxyl groups excluding tert-OH is 1. The molecule has 1 heterocycles. The number of amides is 1. The van der Waals surface area contributed by atoms with Crippen LogP contribution in [0.2, 0.25) is 0 Å². The molecule has 196 valence electrons. The fourth-order valence-electron chi connectivity index (χ4n) is 4.09. The van der Waals surface area contributed by atoms with Gasteiger partial charge in [0.25, 0.3) is 5.91 Å². The number of ether oxygens (including phenoxy) is 1. The van der Waals surface area contributed by atoms with Gasteiger partial charge in [0.2, 0.25) is 0 Å². The molecule has 0 saturated carbocycles. The summed E-state index contributed by atoms with van der Waals surface area (Å²) in [5, 5.41) is 8.85. The molecule has 0 aliphatic carbocycles. The van der Waals surface area contributed by atoms with E-state index in [0.717, 1.165) is 29.7 Å². The average molecular weight is 513 g/mol. The Morgan fingerprint density at radius 1 is 0.868 bits per heavy atom. The van der Waals surface area contributed by atoms with E-state index in [9.17, 15) is 9.59 Å². The molecule has 3 aromatic carbocycles. The molecule has 4 rings (SSSR count). The van der Waals surface area contributed by atoms with Gasteiger partial charge in [0, 0.05) is 36.2 Å². The van der Waals surface area contributed by atoms with Crippen LogP contribution in [-0.4, -0.2) is 34.9 Å². The number of carbonyl (C=O) groups is 2. The van der Waals surface area contributed by atoms with Crippen LogP contribution in [0, 0.1) is 0 Å². The molecule has 0 bridgehead atoms. The number of aliphatic hydroxyl groups is 1. The third kappa shape index (κ3) is 7.67. The summed E-state index contributed by atoms with van der Waals surface area (Å²) < 4.78 is 20.7. The third-order valence-corrected chi connectivity index (χ3v) is 6.14. The van der Waals surface area contributed by atoms with E-state index in [1.165, 1.54) is 0 Å². The quantitative estimate of drug-likeness (QED) is 0.201. The maximum atomic E-state index is 13.8. The number of Topliss-reactive ketones (excluding diaryl/α,β-unsaturated/α-hetero) is 1. The number of furan rings is 1. The van der Waals surface area contributed by atoms with E-state index < -0.39 is 13.1 Å². The van der Waals surface area contributed by atoms with Gasteiger partial charge in [0.1, 0.15) is 18.1 Å². The molecule has 0 saturated heterocycles. The maximum absolute atomic E-state index is 13.8. The van der Waals surface area contributed by atoms with Crippen molar-refractivity contribution in [2.24, 2.45) is 0 Å². The standard InChI is InChI=1S/C32H33NO5/c34-24-29(35)13-5-2-8-20-37-31-14-7-6-12-28(31)23-33(22-25-10-3-1-4-11-25)32(36)27-18-16-26(17-19-27)30-15-9-21-38-30/h1,3-4,6-7,9-12,14-19,21,34H,2,5,8,13,20,22-24H2/i23D. The first-order valence-corrected chi connectivity index (χ1v) is 12.8. The van der Waals surface area contributed by atoms with Crippen molar-refractivity contribution in [2.45, 2.75) is 38.7 Å². The summed E-state index contributed by atoms with van der Waals surface area (Å²) in [5.74, 6) is 0.868. The minimum atomic E-state index is -0.999. The molecule has 1 aromatic heterocycles. The zero-order chi connectivity index (χ0) is 27.5. The Bertz CT molecular complexity index is 1320. The van der Waals surface area contributed by atoms with Crippen molar-refractivity contribution in [1.82, 2.24) is 4.90 Å². The van der Waals surface area contributed by atoms with Gasteiger partial charge in [-0.3, -0.25) is 9.59 Å². The lowest BCUT2D eigenvalue weighted by Crippen LogP contribution is -2.30. The minimum Gasteiger partial charge on any atom is -0.493 e. The Hall–Kier alpha value is -4.16. The van der Waals surface area contributed by atoms with E-state index >= 15 is 0 Å². The van der Waals surface area contributed by atoms with Gasteiger partial charge in [-0.25, -0.2) is 0 Å². The Morgan fingerprint density at radius 2 is 1.63 bits per heavy atom. The van der Waals surface area contributed by atoms with Crippen LogP contribution in [0.1, 0.15) is 48.5 Å². The molecule has 0 aliphatic heterocycles. The normalized spacial score (nSPS) is 12.0. The molecule has 0 aliphatic rings. The molecule has 0 fully saturated rings. The highest BCUT2D eigenvalue weighted by molar-refractivity contribution is 5.94. The van der Waals surface area contributed by atoms with E-state index in [1.54, 1.807) is 23.3 Å².